The molecule has 4 bridgehead atoms. The SMILES string of the molecule is CC(C)(C)OC(=O)C/C=C\[C@@H]1[C@@H]2[C@H]1[C@]1(C)O[C@H]2[C@]2(CO[Si](C)(C)C(C)(C)C)[C@@]1(CO[Si](C)(C)C(C)(C)C)[C@@H]1O[C@@]2(C)[C@H]2[C@H](/C=C\CC(=O)OC(C)(C)C)[C@H]21. The molecule has 6 aliphatic rings. The van der Waals surface area contributed by atoms with E-state index in [9.17, 15) is 9.59 Å². The molecule has 306 valence electrons. The second-order valence-corrected chi connectivity index (χ2v) is 32.7. The zero-order valence-electron chi connectivity index (χ0n) is 37.0. The molecular formula is C44H74O8Si2. The summed E-state index contributed by atoms with van der Waals surface area (Å²) < 4.78 is 41.1. The van der Waals surface area contributed by atoms with Gasteiger partial charge in [-0.2, -0.15) is 0 Å². The lowest BCUT2D eigenvalue weighted by molar-refractivity contribution is -0.154. The van der Waals surface area contributed by atoms with Crippen LogP contribution in [0.25, 0.3) is 0 Å². The fraction of sp³-hybridized carbons (Fsp3) is 0.864. The molecule has 0 amide bonds. The van der Waals surface area contributed by atoms with Crippen molar-refractivity contribution in [1.29, 1.82) is 0 Å². The summed E-state index contributed by atoms with van der Waals surface area (Å²) in [4.78, 5) is 25.4. The molecule has 6 fully saturated rings. The smallest absolute Gasteiger partial charge is 0.310 e. The summed E-state index contributed by atoms with van der Waals surface area (Å²) in [6, 6.07) is 0. The van der Waals surface area contributed by atoms with Crippen LogP contribution in [0.15, 0.2) is 24.3 Å². The Bertz CT molecular complexity index is 1460. The molecule has 2 saturated carbocycles. The number of carbonyl (C=O) groups is 2. The van der Waals surface area contributed by atoms with Gasteiger partial charge in [-0.3, -0.25) is 9.59 Å². The first-order valence-electron chi connectivity index (χ1n) is 20.7. The first-order chi connectivity index (χ1) is 24.3. The number of hydrogen-bond donors (Lipinski definition) is 0. The molecule has 0 spiro atoms. The van der Waals surface area contributed by atoms with Crippen molar-refractivity contribution in [2.75, 3.05) is 13.2 Å². The van der Waals surface area contributed by atoms with Gasteiger partial charge in [0.2, 0.25) is 0 Å². The summed E-state index contributed by atoms with van der Waals surface area (Å²) in [5.41, 5.74) is -2.93. The van der Waals surface area contributed by atoms with E-state index in [-0.39, 0.29) is 47.1 Å². The van der Waals surface area contributed by atoms with Gasteiger partial charge in [-0.25, -0.2) is 0 Å². The second-order valence-electron chi connectivity index (χ2n) is 23.1. The average Bonchev–Trinajstić information content (AvgIpc) is 3.75. The highest BCUT2D eigenvalue weighted by Crippen LogP contribution is 2.91. The average molecular weight is 787 g/mol. The largest absolute Gasteiger partial charge is 0.460 e. The van der Waals surface area contributed by atoms with Crippen LogP contribution in [0.3, 0.4) is 0 Å². The van der Waals surface area contributed by atoms with Gasteiger partial charge in [0.15, 0.2) is 16.6 Å². The van der Waals surface area contributed by atoms with Crippen molar-refractivity contribution in [3.8, 4) is 0 Å². The number of esters is 2. The van der Waals surface area contributed by atoms with Gasteiger partial charge in [-0.05, 0) is 115 Å². The number of rotatable bonds is 12. The van der Waals surface area contributed by atoms with E-state index >= 15 is 0 Å². The van der Waals surface area contributed by atoms with Crippen molar-refractivity contribution in [3.63, 3.8) is 0 Å². The predicted octanol–water partition coefficient (Wildman–Crippen LogP) is 9.65. The standard InChI is InChI=1S/C44H74O8Si2/c1-37(2,3)49-29(45)23-19-21-27-31-33(27)41(13)44(26-48-54(17,18)40(10,11)12)36-32-28(22-20-24-30(46)50-38(4,5)6)34(32)42(14,52-36)43(44,35(31)51-41)25-47-53(15,16)39(7,8)9/h19-22,27-28,31-36H,23-26H2,1-18H3/b21-19-,22-20-/t27-,28-,31-,32-,33+,34+,35-,36-,41+,42+,43+,44+/m1/s1. The Morgan fingerprint density at radius 2 is 0.907 bits per heavy atom. The van der Waals surface area contributed by atoms with Crippen LogP contribution in [0.4, 0.5) is 0 Å². The summed E-state index contributed by atoms with van der Waals surface area (Å²) in [5.74, 6) is 1.43. The van der Waals surface area contributed by atoms with Crippen LogP contribution in [0, 0.1) is 46.3 Å². The number of carbonyl (C=O) groups excluding carboxylic acids is 2. The summed E-state index contributed by atoms with van der Waals surface area (Å²) in [6.07, 6.45) is 9.02. The normalized spacial score (nSPS) is 41.0. The predicted molar refractivity (Wildman–Crippen MR) is 218 cm³/mol. The van der Waals surface area contributed by atoms with Gasteiger partial charge in [-0.15, -0.1) is 0 Å². The lowest BCUT2D eigenvalue weighted by Gasteiger charge is -2.58. The highest BCUT2D eigenvalue weighted by molar-refractivity contribution is 6.74. The monoisotopic (exact) mass is 786 g/mol. The van der Waals surface area contributed by atoms with Crippen molar-refractivity contribution < 1.29 is 37.4 Å². The Kier molecular flexibility index (Phi) is 9.87. The van der Waals surface area contributed by atoms with Crippen LogP contribution < -0.4 is 0 Å². The van der Waals surface area contributed by atoms with E-state index in [1.54, 1.807) is 0 Å². The summed E-state index contributed by atoms with van der Waals surface area (Å²) in [6.45, 7) is 40.7. The second kappa shape index (κ2) is 12.6. The number of allylic oxidation sites excluding steroid dienone is 2. The van der Waals surface area contributed by atoms with E-state index in [1.165, 1.54) is 0 Å². The van der Waals surface area contributed by atoms with Gasteiger partial charge in [0.25, 0.3) is 0 Å². The first-order valence-corrected chi connectivity index (χ1v) is 26.5. The van der Waals surface area contributed by atoms with Crippen LogP contribution in [0.5, 0.6) is 0 Å². The zero-order valence-corrected chi connectivity index (χ0v) is 39.0. The number of ether oxygens (including phenoxy) is 4. The van der Waals surface area contributed by atoms with Crippen LogP contribution in [0.2, 0.25) is 36.3 Å². The van der Waals surface area contributed by atoms with E-state index in [0.29, 0.717) is 48.7 Å². The summed E-state index contributed by atoms with van der Waals surface area (Å²) in [7, 11) is -4.41. The Morgan fingerprint density at radius 1 is 0.593 bits per heavy atom. The Hall–Kier alpha value is -1.31. The quantitative estimate of drug-likeness (QED) is 0.110. The molecule has 6 rings (SSSR count). The molecule has 10 heteroatoms. The topological polar surface area (TPSA) is 89.5 Å². The summed E-state index contributed by atoms with van der Waals surface area (Å²) >= 11 is 0. The molecule has 0 N–H and O–H groups in total. The van der Waals surface area contributed by atoms with E-state index in [2.05, 4.69) is 93.7 Å². The third-order valence-electron chi connectivity index (χ3n) is 15.6. The van der Waals surface area contributed by atoms with E-state index in [4.69, 9.17) is 27.8 Å². The maximum absolute atomic E-state index is 12.7. The molecule has 8 nitrogen and oxygen atoms in total. The maximum atomic E-state index is 12.7. The minimum Gasteiger partial charge on any atom is -0.460 e. The van der Waals surface area contributed by atoms with Crippen molar-refractivity contribution >= 4 is 28.6 Å². The van der Waals surface area contributed by atoms with Gasteiger partial charge in [0.05, 0.1) is 47.1 Å². The minimum absolute atomic E-state index is 0.0375. The van der Waals surface area contributed by atoms with E-state index < -0.39 is 49.9 Å². The molecule has 0 aromatic rings. The molecule has 0 aromatic carbocycles. The van der Waals surface area contributed by atoms with Gasteiger partial charge in [-0.1, -0.05) is 65.8 Å². The van der Waals surface area contributed by atoms with Gasteiger partial charge < -0.3 is 27.8 Å². The van der Waals surface area contributed by atoms with Crippen LogP contribution in [-0.4, -0.2) is 76.4 Å². The number of fused-ring (bicyclic) bond motifs is 15. The lowest BCUT2D eigenvalue weighted by atomic mass is 9.44. The molecule has 0 unspecified atom stereocenters. The minimum atomic E-state index is -2.20. The molecule has 0 aromatic heterocycles. The molecule has 54 heavy (non-hydrogen) atoms. The zero-order chi connectivity index (χ0) is 40.7. The fourth-order valence-corrected chi connectivity index (χ4v) is 13.1. The van der Waals surface area contributed by atoms with E-state index in [1.807, 2.05) is 53.7 Å². The Morgan fingerprint density at radius 3 is 1.19 bits per heavy atom. The van der Waals surface area contributed by atoms with Gasteiger partial charge >= 0.3 is 11.9 Å². The molecule has 12 atom stereocenters. The van der Waals surface area contributed by atoms with Crippen molar-refractivity contribution in [2.45, 2.75) is 181 Å². The van der Waals surface area contributed by atoms with Crippen LogP contribution in [-0.2, 0) is 37.4 Å². The fourth-order valence-electron chi connectivity index (χ4n) is 11.1. The molecule has 0 radical (unpaired) electrons. The highest BCUT2D eigenvalue weighted by Gasteiger charge is 2.99. The van der Waals surface area contributed by atoms with Crippen molar-refractivity contribution in [3.05, 3.63) is 24.3 Å². The lowest BCUT2D eigenvalue weighted by Crippen LogP contribution is -2.70. The molecule has 4 heterocycles. The first kappa shape index (κ1) is 42.3. The molecular weight excluding hydrogens is 713 g/mol. The third kappa shape index (κ3) is 6.24. The molecule has 4 aliphatic heterocycles. The Labute approximate surface area is 329 Å². The Balaban J connectivity index is 1.41. The van der Waals surface area contributed by atoms with E-state index in [0.717, 1.165) is 0 Å². The third-order valence-corrected chi connectivity index (χ3v) is 24.5. The molecule has 2 aliphatic carbocycles. The van der Waals surface area contributed by atoms with Crippen LogP contribution in [0.1, 0.15) is 110 Å². The number of hydrogen-bond acceptors (Lipinski definition) is 8. The van der Waals surface area contributed by atoms with Crippen molar-refractivity contribution in [2.24, 2.45) is 46.3 Å². The highest BCUT2D eigenvalue weighted by atomic mass is 28.4. The maximum Gasteiger partial charge on any atom is 0.310 e. The summed E-state index contributed by atoms with van der Waals surface area (Å²) in [5, 5.41) is 0.0750. The molecule has 4 saturated heterocycles. The van der Waals surface area contributed by atoms with Crippen LogP contribution >= 0.6 is 0 Å². The van der Waals surface area contributed by atoms with Gasteiger partial charge in [0, 0.05) is 25.0 Å². The van der Waals surface area contributed by atoms with Gasteiger partial charge in [0.1, 0.15) is 11.2 Å². The van der Waals surface area contributed by atoms with Crippen molar-refractivity contribution in [1.82, 2.24) is 0 Å².